The lowest BCUT2D eigenvalue weighted by Crippen LogP contribution is -2.26. The summed E-state index contributed by atoms with van der Waals surface area (Å²) in [6.45, 7) is 5.62. The Morgan fingerprint density at radius 1 is 1.15 bits per heavy atom. The summed E-state index contributed by atoms with van der Waals surface area (Å²) >= 11 is 5.90. The molecule has 0 heterocycles. The van der Waals surface area contributed by atoms with E-state index in [4.69, 9.17) is 11.6 Å². The van der Waals surface area contributed by atoms with Crippen molar-refractivity contribution in [3.63, 3.8) is 0 Å². The van der Waals surface area contributed by atoms with E-state index in [9.17, 15) is 9.50 Å². The normalized spacial score (nSPS) is 14.1. The average Bonchev–Trinajstić information content (AvgIpc) is 2.36. The van der Waals surface area contributed by atoms with Gasteiger partial charge < -0.3 is 5.11 Å². The highest BCUT2D eigenvalue weighted by Crippen LogP contribution is 2.30. The lowest BCUT2D eigenvalue weighted by Gasteiger charge is -2.26. The molecule has 0 radical (unpaired) electrons. The van der Waals surface area contributed by atoms with E-state index in [1.54, 1.807) is 13.0 Å². The topological polar surface area (TPSA) is 20.2 Å². The summed E-state index contributed by atoms with van der Waals surface area (Å²) in [5.41, 5.74) is 2.16. The number of hydrogen-bond donors (Lipinski definition) is 1. The van der Waals surface area contributed by atoms with Gasteiger partial charge in [0.15, 0.2) is 0 Å². The molecule has 3 heteroatoms. The van der Waals surface area contributed by atoms with Gasteiger partial charge in [-0.05, 0) is 55.7 Å². The zero-order valence-electron chi connectivity index (χ0n) is 11.9. The maximum Gasteiger partial charge on any atom is 0.126 e. The van der Waals surface area contributed by atoms with Gasteiger partial charge in [0.25, 0.3) is 0 Å². The molecule has 2 aromatic carbocycles. The van der Waals surface area contributed by atoms with E-state index >= 15 is 0 Å². The van der Waals surface area contributed by atoms with E-state index in [0.29, 0.717) is 10.6 Å². The molecule has 1 N–H and O–H groups in total. The van der Waals surface area contributed by atoms with Crippen LogP contribution in [-0.2, 0) is 12.0 Å². The fourth-order valence-corrected chi connectivity index (χ4v) is 2.66. The highest BCUT2D eigenvalue weighted by atomic mass is 35.5. The molecule has 0 fully saturated rings. The van der Waals surface area contributed by atoms with Gasteiger partial charge in [0.05, 0.1) is 5.60 Å². The molecule has 0 aromatic heterocycles. The van der Waals surface area contributed by atoms with Crippen LogP contribution in [0.1, 0.15) is 29.2 Å². The van der Waals surface area contributed by atoms with Gasteiger partial charge >= 0.3 is 0 Å². The van der Waals surface area contributed by atoms with Crippen molar-refractivity contribution in [2.75, 3.05) is 0 Å². The van der Waals surface area contributed by atoms with Gasteiger partial charge in [-0.3, -0.25) is 0 Å². The first kappa shape index (κ1) is 15.0. The number of aliphatic hydroxyl groups is 1. The molecule has 0 amide bonds. The summed E-state index contributed by atoms with van der Waals surface area (Å²) in [6, 6.07) is 10.3. The molecule has 0 spiro atoms. The fourth-order valence-electron chi connectivity index (χ4n) is 2.46. The maximum absolute atomic E-state index is 13.8. The van der Waals surface area contributed by atoms with Crippen molar-refractivity contribution in [2.45, 2.75) is 32.8 Å². The minimum absolute atomic E-state index is 0.184. The first-order valence-corrected chi connectivity index (χ1v) is 6.91. The van der Waals surface area contributed by atoms with E-state index in [2.05, 4.69) is 0 Å². The summed E-state index contributed by atoms with van der Waals surface area (Å²) in [5, 5.41) is 11.2. The van der Waals surface area contributed by atoms with Crippen molar-refractivity contribution in [3.8, 4) is 0 Å². The molecule has 1 nitrogen and oxygen atoms in total. The van der Waals surface area contributed by atoms with E-state index in [-0.39, 0.29) is 12.2 Å². The molecule has 0 aliphatic heterocycles. The average molecular weight is 293 g/mol. The lowest BCUT2D eigenvalue weighted by molar-refractivity contribution is 0.0560. The molecule has 2 aromatic rings. The quantitative estimate of drug-likeness (QED) is 0.880. The maximum atomic E-state index is 13.8. The standard InChI is InChI=1S/C17H18ClFO/c1-11-4-5-12(2)15(8-11)17(3,20)10-13-9-14(18)6-7-16(13)19/h4-9,20H,10H2,1-3H3. The second-order valence-electron chi connectivity index (χ2n) is 5.50. The van der Waals surface area contributed by atoms with E-state index < -0.39 is 5.60 Å². The lowest BCUT2D eigenvalue weighted by atomic mass is 9.85. The number of halogens is 2. The highest BCUT2D eigenvalue weighted by molar-refractivity contribution is 6.30. The Bertz CT molecular complexity index is 635. The van der Waals surface area contributed by atoms with Crippen LogP contribution >= 0.6 is 11.6 Å². The largest absolute Gasteiger partial charge is 0.385 e. The molecule has 0 aliphatic rings. The first-order chi connectivity index (χ1) is 9.29. The van der Waals surface area contributed by atoms with Crippen LogP contribution in [0.3, 0.4) is 0 Å². The van der Waals surface area contributed by atoms with E-state index in [1.165, 1.54) is 12.1 Å². The summed E-state index contributed by atoms with van der Waals surface area (Å²) in [7, 11) is 0. The minimum Gasteiger partial charge on any atom is -0.385 e. The summed E-state index contributed by atoms with van der Waals surface area (Å²) in [4.78, 5) is 0. The number of rotatable bonds is 3. The van der Waals surface area contributed by atoms with Crippen molar-refractivity contribution < 1.29 is 9.50 Å². The smallest absolute Gasteiger partial charge is 0.126 e. The van der Waals surface area contributed by atoms with Crippen LogP contribution < -0.4 is 0 Å². The van der Waals surface area contributed by atoms with Gasteiger partial charge in [-0.1, -0.05) is 35.4 Å². The summed E-state index contributed by atoms with van der Waals surface area (Å²) < 4.78 is 13.8. The third-order valence-electron chi connectivity index (χ3n) is 3.52. The van der Waals surface area contributed by atoms with Gasteiger partial charge in [-0.15, -0.1) is 0 Å². The molecular weight excluding hydrogens is 275 g/mol. The first-order valence-electron chi connectivity index (χ1n) is 6.53. The van der Waals surface area contributed by atoms with Crippen LogP contribution in [0.4, 0.5) is 4.39 Å². The Balaban J connectivity index is 2.40. The monoisotopic (exact) mass is 292 g/mol. The molecule has 106 valence electrons. The van der Waals surface area contributed by atoms with Crippen molar-refractivity contribution in [1.29, 1.82) is 0 Å². The Morgan fingerprint density at radius 3 is 2.55 bits per heavy atom. The molecular formula is C17H18ClFO. The zero-order chi connectivity index (χ0) is 14.9. The second-order valence-corrected chi connectivity index (χ2v) is 5.94. The fraction of sp³-hybridized carbons (Fsp3) is 0.294. The van der Waals surface area contributed by atoms with Crippen LogP contribution in [0.2, 0.25) is 5.02 Å². The predicted molar refractivity (Wildman–Crippen MR) is 80.6 cm³/mol. The molecule has 0 aliphatic carbocycles. The van der Waals surface area contributed by atoms with Gasteiger partial charge in [0.1, 0.15) is 5.82 Å². The molecule has 0 saturated carbocycles. The number of benzene rings is 2. The highest BCUT2D eigenvalue weighted by Gasteiger charge is 2.26. The van der Waals surface area contributed by atoms with E-state index in [1.807, 2.05) is 32.0 Å². The van der Waals surface area contributed by atoms with Crippen molar-refractivity contribution in [3.05, 3.63) is 69.5 Å². The SMILES string of the molecule is Cc1ccc(C)c(C(C)(O)Cc2cc(Cl)ccc2F)c1. The van der Waals surface area contributed by atoms with Crippen LogP contribution in [0, 0.1) is 19.7 Å². The molecule has 1 atom stereocenters. The van der Waals surface area contributed by atoms with Gasteiger partial charge in [0, 0.05) is 11.4 Å². The Hall–Kier alpha value is -1.38. The molecule has 20 heavy (non-hydrogen) atoms. The van der Waals surface area contributed by atoms with Gasteiger partial charge in [-0.2, -0.15) is 0 Å². The van der Waals surface area contributed by atoms with Gasteiger partial charge in [-0.25, -0.2) is 4.39 Å². The summed E-state index contributed by atoms with van der Waals surface area (Å²) in [6.07, 6.45) is 0.184. The second kappa shape index (κ2) is 5.55. The molecule has 2 rings (SSSR count). The Morgan fingerprint density at radius 2 is 1.85 bits per heavy atom. The number of aryl methyl sites for hydroxylation is 2. The predicted octanol–water partition coefficient (Wildman–Crippen LogP) is 4.55. The van der Waals surface area contributed by atoms with Gasteiger partial charge in [0.2, 0.25) is 0 Å². The van der Waals surface area contributed by atoms with Crippen LogP contribution in [0.25, 0.3) is 0 Å². The van der Waals surface area contributed by atoms with E-state index in [0.717, 1.165) is 16.7 Å². The molecule has 0 saturated heterocycles. The zero-order valence-corrected chi connectivity index (χ0v) is 12.6. The Labute approximate surface area is 124 Å². The van der Waals surface area contributed by atoms with Crippen LogP contribution in [-0.4, -0.2) is 5.11 Å². The Kier molecular flexibility index (Phi) is 4.17. The molecule has 0 bridgehead atoms. The minimum atomic E-state index is -1.14. The van der Waals surface area contributed by atoms with Crippen molar-refractivity contribution >= 4 is 11.6 Å². The van der Waals surface area contributed by atoms with Crippen LogP contribution in [0.5, 0.6) is 0 Å². The van der Waals surface area contributed by atoms with Crippen molar-refractivity contribution in [1.82, 2.24) is 0 Å². The molecule has 1 unspecified atom stereocenters. The third kappa shape index (κ3) is 3.20. The number of hydrogen-bond acceptors (Lipinski definition) is 1. The third-order valence-corrected chi connectivity index (χ3v) is 3.75. The van der Waals surface area contributed by atoms with Crippen molar-refractivity contribution in [2.24, 2.45) is 0 Å². The van der Waals surface area contributed by atoms with Crippen LogP contribution in [0.15, 0.2) is 36.4 Å². The summed E-state index contributed by atoms with van der Waals surface area (Å²) in [5.74, 6) is -0.347.